The predicted octanol–water partition coefficient (Wildman–Crippen LogP) is 2.73. The zero-order valence-corrected chi connectivity index (χ0v) is 16.1. The van der Waals surface area contributed by atoms with Crippen molar-refractivity contribution in [2.24, 2.45) is 7.05 Å². The number of carbonyl (C=O) groups excluding carboxylic acids is 1. The van der Waals surface area contributed by atoms with Gasteiger partial charge in [-0.05, 0) is 31.9 Å². The number of amides is 1. The van der Waals surface area contributed by atoms with Crippen LogP contribution in [0, 0.1) is 13.8 Å². The van der Waals surface area contributed by atoms with Gasteiger partial charge in [0.2, 0.25) is 5.91 Å². The van der Waals surface area contributed by atoms with Crippen LogP contribution in [0.1, 0.15) is 22.5 Å². The lowest BCUT2D eigenvalue weighted by Gasteiger charge is -2.25. The molecule has 1 aromatic carbocycles. The Bertz CT molecular complexity index is 747. The minimum atomic E-state index is -0.0495. The van der Waals surface area contributed by atoms with E-state index in [-0.39, 0.29) is 11.2 Å². The minimum Gasteiger partial charge on any atom is -0.383 e. The monoisotopic (exact) mass is 359 g/mol. The average Bonchev–Trinajstić information content (AvgIpc) is 3.13. The number of carbonyl (C=O) groups is 1. The number of ether oxygens (including phenoxy) is 1. The van der Waals surface area contributed by atoms with Gasteiger partial charge in [-0.1, -0.05) is 18.2 Å². The molecule has 0 aliphatic carbocycles. The molecule has 1 unspecified atom stereocenters. The number of aromatic nitrogens is 2. The third kappa shape index (κ3) is 3.75. The van der Waals surface area contributed by atoms with E-state index in [2.05, 4.69) is 24.2 Å². The Hall–Kier alpha value is -1.79. The van der Waals surface area contributed by atoms with Gasteiger partial charge in [-0.3, -0.25) is 9.48 Å². The molecule has 0 spiro atoms. The summed E-state index contributed by atoms with van der Waals surface area (Å²) in [6.07, 6.45) is 0.800. The highest BCUT2D eigenvalue weighted by Gasteiger charge is 2.32. The summed E-state index contributed by atoms with van der Waals surface area (Å²) in [7, 11) is 3.61. The van der Waals surface area contributed by atoms with Crippen molar-refractivity contribution in [2.45, 2.75) is 37.0 Å². The van der Waals surface area contributed by atoms with Gasteiger partial charge in [0.15, 0.2) is 0 Å². The number of hydrogen-bond acceptors (Lipinski definition) is 4. The molecular formula is C19H25N3O2S. The highest BCUT2D eigenvalue weighted by molar-refractivity contribution is 8.01. The van der Waals surface area contributed by atoms with Crippen LogP contribution in [0.25, 0.3) is 0 Å². The summed E-state index contributed by atoms with van der Waals surface area (Å²) in [5, 5.41) is 4.43. The Balaban J connectivity index is 1.77. The van der Waals surface area contributed by atoms with E-state index in [1.54, 1.807) is 18.9 Å². The van der Waals surface area contributed by atoms with Gasteiger partial charge in [0.25, 0.3) is 0 Å². The maximum atomic E-state index is 13.2. The molecule has 2 heterocycles. The van der Waals surface area contributed by atoms with Crippen molar-refractivity contribution in [3.63, 3.8) is 0 Å². The standard InChI is InChI=1S/C19H25N3O2S/c1-13-16(14(2)21(3)20-13)12-22(9-10-24-4)19(23)18-11-15-7-5-6-8-17(15)25-18/h5-8,18H,9-12H2,1-4H3. The number of aryl methyl sites for hydroxylation is 2. The molecule has 25 heavy (non-hydrogen) atoms. The average molecular weight is 359 g/mol. The lowest BCUT2D eigenvalue weighted by Crippen LogP contribution is -2.39. The van der Waals surface area contributed by atoms with E-state index in [1.165, 1.54) is 10.5 Å². The molecule has 0 saturated carbocycles. The summed E-state index contributed by atoms with van der Waals surface area (Å²) in [5.41, 5.74) is 4.49. The summed E-state index contributed by atoms with van der Waals surface area (Å²) in [6.45, 7) is 5.77. The predicted molar refractivity (Wildman–Crippen MR) is 99.8 cm³/mol. The molecule has 134 valence electrons. The van der Waals surface area contributed by atoms with Gasteiger partial charge in [0, 0.05) is 43.4 Å². The van der Waals surface area contributed by atoms with Crippen LogP contribution in [-0.2, 0) is 29.5 Å². The van der Waals surface area contributed by atoms with Crippen molar-refractivity contribution in [1.29, 1.82) is 0 Å². The molecule has 6 heteroatoms. The molecule has 2 aromatic rings. The summed E-state index contributed by atoms with van der Waals surface area (Å²) >= 11 is 1.68. The van der Waals surface area contributed by atoms with Gasteiger partial charge in [0.05, 0.1) is 17.6 Å². The molecule has 0 fully saturated rings. The molecule has 1 aliphatic rings. The molecule has 3 rings (SSSR count). The van der Waals surface area contributed by atoms with Crippen LogP contribution in [0.15, 0.2) is 29.2 Å². The minimum absolute atomic E-state index is 0.0495. The van der Waals surface area contributed by atoms with Crippen LogP contribution in [0.4, 0.5) is 0 Å². The van der Waals surface area contributed by atoms with E-state index in [1.807, 2.05) is 35.7 Å². The third-order valence-corrected chi connectivity index (χ3v) is 6.11. The summed E-state index contributed by atoms with van der Waals surface area (Å²) in [5.74, 6) is 0.181. The maximum absolute atomic E-state index is 13.2. The highest BCUT2D eigenvalue weighted by atomic mass is 32.2. The maximum Gasteiger partial charge on any atom is 0.236 e. The molecule has 1 aromatic heterocycles. The topological polar surface area (TPSA) is 47.4 Å². The van der Waals surface area contributed by atoms with Crippen LogP contribution in [0.2, 0.25) is 0 Å². The van der Waals surface area contributed by atoms with Crippen molar-refractivity contribution < 1.29 is 9.53 Å². The summed E-state index contributed by atoms with van der Waals surface area (Å²) < 4.78 is 7.11. The van der Waals surface area contributed by atoms with Crippen molar-refractivity contribution in [1.82, 2.24) is 14.7 Å². The molecule has 0 saturated heterocycles. The Labute approximate surface area is 153 Å². The van der Waals surface area contributed by atoms with E-state index < -0.39 is 0 Å². The molecule has 5 nitrogen and oxygen atoms in total. The van der Waals surface area contributed by atoms with E-state index in [0.717, 1.165) is 23.4 Å². The van der Waals surface area contributed by atoms with Gasteiger partial charge in [0.1, 0.15) is 0 Å². The molecule has 0 bridgehead atoms. The fourth-order valence-electron chi connectivity index (χ4n) is 3.23. The number of thioether (sulfide) groups is 1. The first-order valence-electron chi connectivity index (χ1n) is 8.52. The third-order valence-electron chi connectivity index (χ3n) is 4.81. The smallest absolute Gasteiger partial charge is 0.236 e. The number of benzene rings is 1. The first kappa shape index (κ1) is 18.0. The van der Waals surface area contributed by atoms with Gasteiger partial charge in [-0.2, -0.15) is 5.10 Å². The zero-order valence-electron chi connectivity index (χ0n) is 15.3. The van der Waals surface area contributed by atoms with E-state index in [0.29, 0.717) is 19.7 Å². The van der Waals surface area contributed by atoms with E-state index in [4.69, 9.17) is 4.74 Å². The van der Waals surface area contributed by atoms with Crippen LogP contribution in [0.3, 0.4) is 0 Å². The molecular weight excluding hydrogens is 334 g/mol. The van der Waals surface area contributed by atoms with Gasteiger partial charge < -0.3 is 9.64 Å². The second kappa shape index (κ2) is 7.62. The molecule has 1 aliphatic heterocycles. The number of rotatable bonds is 6. The number of methoxy groups -OCH3 is 1. The van der Waals surface area contributed by atoms with Gasteiger partial charge >= 0.3 is 0 Å². The fraction of sp³-hybridized carbons (Fsp3) is 0.474. The quantitative estimate of drug-likeness (QED) is 0.796. The normalized spacial score (nSPS) is 16.1. The van der Waals surface area contributed by atoms with Crippen molar-refractivity contribution in [3.8, 4) is 0 Å². The highest BCUT2D eigenvalue weighted by Crippen LogP contribution is 2.37. The largest absolute Gasteiger partial charge is 0.383 e. The van der Waals surface area contributed by atoms with Gasteiger partial charge in [-0.15, -0.1) is 11.8 Å². The van der Waals surface area contributed by atoms with Crippen molar-refractivity contribution in [2.75, 3.05) is 20.3 Å². The van der Waals surface area contributed by atoms with E-state index in [9.17, 15) is 4.79 Å². The Morgan fingerprint density at radius 2 is 2.16 bits per heavy atom. The molecule has 0 N–H and O–H groups in total. The van der Waals surface area contributed by atoms with Gasteiger partial charge in [-0.25, -0.2) is 0 Å². The lowest BCUT2D eigenvalue weighted by atomic mass is 10.1. The first-order chi connectivity index (χ1) is 12.0. The first-order valence-corrected chi connectivity index (χ1v) is 9.40. The van der Waals surface area contributed by atoms with Crippen molar-refractivity contribution in [3.05, 3.63) is 46.8 Å². The lowest BCUT2D eigenvalue weighted by molar-refractivity contribution is -0.131. The second-order valence-corrected chi connectivity index (χ2v) is 7.69. The molecule has 0 radical (unpaired) electrons. The van der Waals surface area contributed by atoms with Crippen LogP contribution in [-0.4, -0.2) is 46.1 Å². The van der Waals surface area contributed by atoms with Crippen LogP contribution < -0.4 is 0 Å². The summed E-state index contributed by atoms with van der Waals surface area (Å²) in [4.78, 5) is 16.3. The fourth-order valence-corrected chi connectivity index (χ4v) is 4.51. The zero-order chi connectivity index (χ0) is 18.0. The number of hydrogen-bond donors (Lipinski definition) is 0. The second-order valence-electron chi connectivity index (χ2n) is 6.44. The number of nitrogens with zero attached hydrogens (tertiary/aromatic N) is 3. The SMILES string of the molecule is COCCN(Cc1c(C)nn(C)c1C)C(=O)C1Cc2ccccc2S1. The van der Waals surface area contributed by atoms with E-state index >= 15 is 0 Å². The van der Waals surface area contributed by atoms with Crippen LogP contribution in [0.5, 0.6) is 0 Å². The van der Waals surface area contributed by atoms with Crippen LogP contribution >= 0.6 is 11.8 Å². The number of fused-ring (bicyclic) bond motifs is 1. The Kier molecular flexibility index (Phi) is 5.49. The Morgan fingerprint density at radius 3 is 2.80 bits per heavy atom. The molecule has 1 amide bonds. The summed E-state index contributed by atoms with van der Waals surface area (Å²) in [6, 6.07) is 8.29. The molecule has 1 atom stereocenters. The van der Waals surface area contributed by atoms with Crippen molar-refractivity contribution >= 4 is 17.7 Å². The Morgan fingerprint density at radius 1 is 1.40 bits per heavy atom.